The zero-order valence-electron chi connectivity index (χ0n) is 39.3. The SMILES string of the molecule is CCCCCC/C=C\CCCC(=O)OCC(COC(=O)CCCCCCCCC/C=C\CCCCCCCCCC)OC(=O)CCCCC/C=C\CCCCCCCC. The summed E-state index contributed by atoms with van der Waals surface area (Å²) >= 11 is 0. The van der Waals surface area contributed by atoms with E-state index < -0.39 is 6.10 Å². The van der Waals surface area contributed by atoms with Crippen LogP contribution >= 0.6 is 0 Å². The van der Waals surface area contributed by atoms with Gasteiger partial charge in [-0.1, -0.05) is 192 Å². The molecule has 0 aliphatic carbocycles. The fourth-order valence-corrected chi connectivity index (χ4v) is 7.20. The normalized spacial score (nSPS) is 12.3. The van der Waals surface area contributed by atoms with E-state index in [0.717, 1.165) is 70.6 Å². The number of esters is 3. The molecule has 0 radical (unpaired) electrons. The summed E-state index contributed by atoms with van der Waals surface area (Å²) in [5.41, 5.74) is 0. The molecule has 0 bridgehead atoms. The Hall–Kier alpha value is -2.37. The average molecular weight is 829 g/mol. The van der Waals surface area contributed by atoms with Gasteiger partial charge in [0.1, 0.15) is 13.2 Å². The molecule has 59 heavy (non-hydrogen) atoms. The maximum atomic E-state index is 12.7. The van der Waals surface area contributed by atoms with E-state index in [1.165, 1.54) is 154 Å². The smallest absolute Gasteiger partial charge is 0.306 e. The molecule has 0 spiro atoms. The molecule has 0 fully saturated rings. The Kier molecular flexibility index (Phi) is 46.4. The molecule has 0 amide bonds. The second kappa shape index (κ2) is 48.3. The molecule has 0 aromatic rings. The average Bonchev–Trinajstić information content (AvgIpc) is 3.23. The maximum Gasteiger partial charge on any atom is 0.306 e. The lowest BCUT2D eigenvalue weighted by Crippen LogP contribution is -2.30. The van der Waals surface area contributed by atoms with Crippen LogP contribution in [0.4, 0.5) is 0 Å². The topological polar surface area (TPSA) is 78.9 Å². The summed E-state index contributed by atoms with van der Waals surface area (Å²) in [7, 11) is 0. The van der Waals surface area contributed by atoms with E-state index in [9.17, 15) is 14.4 Å². The minimum absolute atomic E-state index is 0.0877. The predicted octanol–water partition coefficient (Wildman–Crippen LogP) is 16.5. The van der Waals surface area contributed by atoms with Gasteiger partial charge in [0, 0.05) is 19.3 Å². The lowest BCUT2D eigenvalue weighted by atomic mass is 10.1. The summed E-state index contributed by atoms with van der Waals surface area (Å²) in [6, 6.07) is 0. The van der Waals surface area contributed by atoms with Crippen LogP contribution < -0.4 is 0 Å². The molecule has 6 nitrogen and oxygen atoms in total. The molecule has 1 unspecified atom stereocenters. The van der Waals surface area contributed by atoms with Crippen LogP contribution in [-0.2, 0) is 28.6 Å². The highest BCUT2D eigenvalue weighted by Crippen LogP contribution is 2.14. The predicted molar refractivity (Wildman–Crippen MR) is 252 cm³/mol. The summed E-state index contributed by atoms with van der Waals surface area (Å²) in [5.74, 6) is -0.939. The van der Waals surface area contributed by atoms with Crippen LogP contribution in [0, 0.1) is 0 Å². The number of carbonyl (C=O) groups excluding carboxylic acids is 3. The van der Waals surface area contributed by atoms with Crippen molar-refractivity contribution in [3.8, 4) is 0 Å². The van der Waals surface area contributed by atoms with E-state index >= 15 is 0 Å². The molecule has 0 aromatic carbocycles. The first-order valence-corrected chi connectivity index (χ1v) is 25.5. The molecule has 0 saturated carbocycles. The number of hydrogen-bond donors (Lipinski definition) is 0. The van der Waals surface area contributed by atoms with Crippen molar-refractivity contribution in [2.45, 2.75) is 271 Å². The molecule has 0 aliphatic rings. The highest BCUT2D eigenvalue weighted by atomic mass is 16.6. The van der Waals surface area contributed by atoms with Crippen LogP contribution in [0.5, 0.6) is 0 Å². The molecule has 0 heterocycles. The summed E-state index contributed by atoms with van der Waals surface area (Å²) in [6.45, 7) is 6.56. The summed E-state index contributed by atoms with van der Waals surface area (Å²) in [4.78, 5) is 37.8. The van der Waals surface area contributed by atoms with Gasteiger partial charge in [-0.25, -0.2) is 0 Å². The zero-order valence-corrected chi connectivity index (χ0v) is 39.3. The Morgan fingerprint density at radius 1 is 0.322 bits per heavy atom. The Morgan fingerprint density at radius 2 is 0.576 bits per heavy atom. The second-order valence-corrected chi connectivity index (χ2v) is 17.1. The van der Waals surface area contributed by atoms with Crippen LogP contribution in [0.25, 0.3) is 0 Å². The van der Waals surface area contributed by atoms with E-state index in [4.69, 9.17) is 14.2 Å². The number of rotatable bonds is 46. The fraction of sp³-hybridized carbons (Fsp3) is 0.830. The van der Waals surface area contributed by atoms with Gasteiger partial charge in [-0.05, 0) is 89.9 Å². The molecule has 344 valence electrons. The monoisotopic (exact) mass is 829 g/mol. The second-order valence-electron chi connectivity index (χ2n) is 17.1. The molecule has 1 atom stereocenters. The molecule has 0 saturated heterocycles. The van der Waals surface area contributed by atoms with Crippen LogP contribution in [0.1, 0.15) is 265 Å². The Bertz CT molecular complexity index is 1000. The molecular formula is C53H96O6. The number of allylic oxidation sites excluding steroid dienone is 6. The van der Waals surface area contributed by atoms with Crippen LogP contribution in [0.2, 0.25) is 0 Å². The number of hydrogen-bond acceptors (Lipinski definition) is 6. The van der Waals surface area contributed by atoms with Crippen LogP contribution in [0.3, 0.4) is 0 Å². The molecule has 0 rings (SSSR count). The van der Waals surface area contributed by atoms with Gasteiger partial charge in [-0.15, -0.1) is 0 Å². The summed E-state index contributed by atoms with van der Waals surface area (Å²) < 4.78 is 16.7. The first-order valence-electron chi connectivity index (χ1n) is 25.5. The molecular weight excluding hydrogens is 733 g/mol. The van der Waals surface area contributed by atoms with Gasteiger partial charge in [0.25, 0.3) is 0 Å². The standard InChI is InChI=1S/C53H96O6/c1-4-7-10-13-16-19-21-23-24-25-26-27-28-30-31-34-37-40-43-46-52(55)58-49-50(48-57-51(54)45-42-39-36-33-18-15-12-9-6-3)59-53(56)47-44-41-38-35-32-29-22-20-17-14-11-8-5-2/h25-26,29,32-33,36,50H,4-24,27-28,30-31,34-35,37-49H2,1-3H3/b26-25-,32-29-,36-33-. The van der Waals surface area contributed by atoms with Crippen molar-refractivity contribution in [1.82, 2.24) is 0 Å². The van der Waals surface area contributed by atoms with Gasteiger partial charge in [0.15, 0.2) is 6.10 Å². The first-order chi connectivity index (χ1) is 29.0. The van der Waals surface area contributed by atoms with Crippen LogP contribution in [-0.4, -0.2) is 37.2 Å². The Morgan fingerprint density at radius 3 is 0.949 bits per heavy atom. The van der Waals surface area contributed by atoms with Crippen molar-refractivity contribution >= 4 is 17.9 Å². The third-order valence-electron chi connectivity index (χ3n) is 11.1. The van der Waals surface area contributed by atoms with Crippen molar-refractivity contribution < 1.29 is 28.6 Å². The molecule has 0 aromatic heterocycles. The van der Waals surface area contributed by atoms with Crippen molar-refractivity contribution in [2.75, 3.05) is 13.2 Å². The summed E-state index contributed by atoms with van der Waals surface area (Å²) in [6.07, 6.45) is 55.7. The van der Waals surface area contributed by atoms with E-state index in [1.54, 1.807) is 0 Å². The van der Waals surface area contributed by atoms with E-state index in [1.807, 2.05) is 0 Å². The summed E-state index contributed by atoms with van der Waals surface area (Å²) in [5, 5.41) is 0. The Balaban J connectivity index is 4.31. The van der Waals surface area contributed by atoms with Gasteiger partial charge < -0.3 is 14.2 Å². The third-order valence-corrected chi connectivity index (χ3v) is 11.1. The van der Waals surface area contributed by atoms with Gasteiger partial charge in [0.2, 0.25) is 0 Å². The number of carbonyl (C=O) groups is 3. The number of unbranched alkanes of at least 4 members (excludes halogenated alkanes) is 29. The lowest BCUT2D eigenvalue weighted by Gasteiger charge is -2.18. The largest absolute Gasteiger partial charge is 0.462 e. The quantitative estimate of drug-likeness (QED) is 0.0263. The first kappa shape index (κ1) is 56.6. The highest BCUT2D eigenvalue weighted by Gasteiger charge is 2.19. The fourth-order valence-electron chi connectivity index (χ4n) is 7.20. The molecule has 6 heteroatoms. The van der Waals surface area contributed by atoms with E-state index in [-0.39, 0.29) is 31.1 Å². The van der Waals surface area contributed by atoms with E-state index in [2.05, 4.69) is 57.2 Å². The van der Waals surface area contributed by atoms with Gasteiger partial charge in [-0.3, -0.25) is 14.4 Å². The molecule has 0 aliphatic heterocycles. The lowest BCUT2D eigenvalue weighted by molar-refractivity contribution is -0.167. The highest BCUT2D eigenvalue weighted by molar-refractivity contribution is 5.71. The van der Waals surface area contributed by atoms with E-state index in [0.29, 0.717) is 19.3 Å². The van der Waals surface area contributed by atoms with Crippen LogP contribution in [0.15, 0.2) is 36.5 Å². The zero-order chi connectivity index (χ0) is 43.0. The van der Waals surface area contributed by atoms with Crippen molar-refractivity contribution in [2.24, 2.45) is 0 Å². The van der Waals surface area contributed by atoms with Crippen molar-refractivity contribution in [3.05, 3.63) is 36.5 Å². The maximum absolute atomic E-state index is 12.7. The van der Waals surface area contributed by atoms with Gasteiger partial charge >= 0.3 is 17.9 Å². The Labute approximate surface area is 365 Å². The van der Waals surface area contributed by atoms with Crippen molar-refractivity contribution in [3.63, 3.8) is 0 Å². The van der Waals surface area contributed by atoms with Crippen molar-refractivity contribution in [1.29, 1.82) is 0 Å². The minimum Gasteiger partial charge on any atom is -0.462 e. The third kappa shape index (κ3) is 46.5. The van der Waals surface area contributed by atoms with Gasteiger partial charge in [0.05, 0.1) is 0 Å². The minimum atomic E-state index is -0.789. The van der Waals surface area contributed by atoms with Gasteiger partial charge in [-0.2, -0.15) is 0 Å². The number of ether oxygens (including phenoxy) is 3. The molecule has 0 N–H and O–H groups in total.